The third-order valence-corrected chi connectivity index (χ3v) is 7.99. The summed E-state index contributed by atoms with van der Waals surface area (Å²) < 4.78 is 6.12. The van der Waals surface area contributed by atoms with Gasteiger partial charge in [-0.3, -0.25) is 0 Å². The van der Waals surface area contributed by atoms with Crippen molar-refractivity contribution in [3.05, 3.63) is 12.7 Å². The second kappa shape index (κ2) is 5.85. The molecule has 0 saturated heterocycles. The fourth-order valence-electron chi connectivity index (χ4n) is 1.13. The van der Waals surface area contributed by atoms with Gasteiger partial charge < -0.3 is 4.43 Å². The van der Waals surface area contributed by atoms with Crippen LogP contribution in [0, 0.1) is 5.92 Å². The molecular formula is C13H28OSi. The average Bonchev–Trinajstić information content (AvgIpc) is 2.01. The van der Waals surface area contributed by atoms with E-state index >= 15 is 0 Å². The van der Waals surface area contributed by atoms with E-state index in [1.807, 2.05) is 6.08 Å². The van der Waals surface area contributed by atoms with Gasteiger partial charge in [0.15, 0.2) is 8.32 Å². The van der Waals surface area contributed by atoms with Gasteiger partial charge in [0.05, 0.1) is 0 Å². The van der Waals surface area contributed by atoms with Crippen LogP contribution in [0.2, 0.25) is 18.1 Å². The largest absolute Gasteiger partial charge is 0.417 e. The first kappa shape index (κ1) is 14.9. The molecular weight excluding hydrogens is 200 g/mol. The van der Waals surface area contributed by atoms with Gasteiger partial charge in [-0.1, -0.05) is 33.8 Å². The van der Waals surface area contributed by atoms with Gasteiger partial charge in [-0.2, -0.15) is 0 Å². The Balaban J connectivity index is 3.90. The van der Waals surface area contributed by atoms with E-state index in [1.54, 1.807) is 0 Å². The van der Waals surface area contributed by atoms with E-state index in [1.165, 1.54) is 0 Å². The lowest BCUT2D eigenvalue weighted by Gasteiger charge is -2.36. The molecule has 0 rings (SSSR count). The molecule has 1 nitrogen and oxygen atoms in total. The molecule has 0 aromatic heterocycles. The highest BCUT2D eigenvalue weighted by atomic mass is 28.4. The molecule has 0 N–H and O–H groups in total. The van der Waals surface area contributed by atoms with Crippen molar-refractivity contribution in [1.82, 2.24) is 0 Å². The molecule has 0 heterocycles. The van der Waals surface area contributed by atoms with Crippen LogP contribution in [0.15, 0.2) is 12.7 Å². The predicted molar refractivity (Wildman–Crippen MR) is 71.7 cm³/mol. The zero-order chi connectivity index (χ0) is 12.1. The molecule has 90 valence electrons. The topological polar surface area (TPSA) is 9.23 Å². The minimum Gasteiger partial charge on any atom is -0.417 e. The number of hydrogen-bond acceptors (Lipinski definition) is 1. The molecule has 0 aromatic carbocycles. The second-order valence-corrected chi connectivity index (χ2v) is 10.8. The SMILES string of the molecule is C=CC[C@H](C)CCO[Si](C)(C)C(C)(C)C. The lowest BCUT2D eigenvalue weighted by Crippen LogP contribution is -2.41. The first-order chi connectivity index (χ1) is 6.70. The fraction of sp³-hybridized carbons (Fsp3) is 0.846. The van der Waals surface area contributed by atoms with Crippen molar-refractivity contribution in [3.63, 3.8) is 0 Å². The van der Waals surface area contributed by atoms with Gasteiger partial charge in [0.1, 0.15) is 0 Å². The van der Waals surface area contributed by atoms with E-state index in [9.17, 15) is 0 Å². The predicted octanol–water partition coefficient (Wildman–Crippen LogP) is 4.61. The summed E-state index contributed by atoms with van der Waals surface area (Å²) >= 11 is 0. The summed E-state index contributed by atoms with van der Waals surface area (Å²) in [5.41, 5.74) is 0. The Morgan fingerprint density at radius 3 is 2.27 bits per heavy atom. The highest BCUT2D eigenvalue weighted by Gasteiger charge is 2.36. The molecule has 0 spiro atoms. The molecule has 0 aliphatic carbocycles. The minimum absolute atomic E-state index is 0.328. The van der Waals surface area contributed by atoms with Crippen molar-refractivity contribution in [2.24, 2.45) is 5.92 Å². The van der Waals surface area contributed by atoms with Crippen molar-refractivity contribution in [3.8, 4) is 0 Å². The molecule has 0 aromatic rings. The summed E-state index contributed by atoms with van der Waals surface area (Å²) in [5, 5.41) is 0.328. The maximum atomic E-state index is 6.12. The summed E-state index contributed by atoms with van der Waals surface area (Å²) in [5.74, 6) is 0.701. The van der Waals surface area contributed by atoms with Gasteiger partial charge in [-0.05, 0) is 36.9 Å². The first-order valence-electron chi connectivity index (χ1n) is 5.95. The summed E-state index contributed by atoms with van der Waals surface area (Å²) in [6.07, 6.45) is 4.25. The Hall–Kier alpha value is -0.0831. The lowest BCUT2D eigenvalue weighted by molar-refractivity contribution is 0.260. The second-order valence-electron chi connectivity index (χ2n) is 6.03. The zero-order valence-electron chi connectivity index (χ0n) is 11.4. The van der Waals surface area contributed by atoms with Crippen LogP contribution in [0.5, 0.6) is 0 Å². The first-order valence-corrected chi connectivity index (χ1v) is 8.86. The number of rotatable bonds is 6. The van der Waals surface area contributed by atoms with Gasteiger partial charge >= 0.3 is 0 Å². The molecule has 0 radical (unpaired) electrons. The number of allylic oxidation sites excluding steroid dienone is 1. The van der Waals surface area contributed by atoms with E-state index in [4.69, 9.17) is 4.43 Å². The van der Waals surface area contributed by atoms with Crippen molar-refractivity contribution < 1.29 is 4.43 Å². The highest BCUT2D eigenvalue weighted by Crippen LogP contribution is 2.36. The molecule has 0 bridgehead atoms. The summed E-state index contributed by atoms with van der Waals surface area (Å²) in [4.78, 5) is 0. The molecule has 0 fully saturated rings. The smallest absolute Gasteiger partial charge is 0.191 e. The van der Waals surface area contributed by atoms with E-state index in [-0.39, 0.29) is 0 Å². The zero-order valence-corrected chi connectivity index (χ0v) is 12.4. The Labute approximate surface area is 97.0 Å². The van der Waals surface area contributed by atoms with Crippen LogP contribution in [0.3, 0.4) is 0 Å². The standard InChI is InChI=1S/C13H28OSi/c1-8-9-12(2)10-11-14-15(6,7)13(3,4)5/h8,12H,1,9-11H2,2-7H3/t12-/m0/s1. The van der Waals surface area contributed by atoms with Crippen molar-refractivity contribution in [2.45, 2.75) is 58.7 Å². The van der Waals surface area contributed by atoms with Crippen LogP contribution in [0.4, 0.5) is 0 Å². The summed E-state index contributed by atoms with van der Waals surface area (Å²) in [6, 6.07) is 0. The van der Waals surface area contributed by atoms with Gasteiger partial charge in [0, 0.05) is 6.61 Å². The van der Waals surface area contributed by atoms with Crippen molar-refractivity contribution in [2.75, 3.05) is 6.61 Å². The van der Waals surface area contributed by atoms with E-state index in [2.05, 4.69) is 47.4 Å². The lowest BCUT2D eigenvalue weighted by atomic mass is 10.1. The van der Waals surface area contributed by atoms with Gasteiger partial charge in [0.25, 0.3) is 0 Å². The molecule has 0 aliphatic rings. The monoisotopic (exact) mass is 228 g/mol. The van der Waals surface area contributed by atoms with Crippen LogP contribution in [-0.2, 0) is 4.43 Å². The molecule has 15 heavy (non-hydrogen) atoms. The van der Waals surface area contributed by atoms with Crippen LogP contribution in [-0.4, -0.2) is 14.9 Å². The van der Waals surface area contributed by atoms with Gasteiger partial charge in [0.2, 0.25) is 0 Å². The Bertz CT molecular complexity index is 191. The summed E-state index contributed by atoms with van der Waals surface area (Å²) in [6.45, 7) is 18.4. The molecule has 2 heteroatoms. The molecule has 0 amide bonds. The van der Waals surface area contributed by atoms with E-state index in [0.29, 0.717) is 11.0 Å². The molecule has 1 atom stereocenters. The van der Waals surface area contributed by atoms with E-state index < -0.39 is 8.32 Å². The van der Waals surface area contributed by atoms with Crippen molar-refractivity contribution in [1.29, 1.82) is 0 Å². The normalized spacial score (nSPS) is 15.1. The minimum atomic E-state index is -1.52. The molecule has 0 aliphatic heterocycles. The Kier molecular flexibility index (Phi) is 5.82. The maximum Gasteiger partial charge on any atom is 0.191 e. The third kappa shape index (κ3) is 5.52. The number of hydrogen-bond donors (Lipinski definition) is 0. The molecule has 0 saturated carbocycles. The fourth-order valence-corrected chi connectivity index (χ4v) is 2.20. The van der Waals surface area contributed by atoms with Gasteiger partial charge in [-0.25, -0.2) is 0 Å². The van der Waals surface area contributed by atoms with Gasteiger partial charge in [-0.15, -0.1) is 6.58 Å². The van der Waals surface area contributed by atoms with Crippen LogP contribution in [0.1, 0.15) is 40.5 Å². The Morgan fingerprint density at radius 2 is 1.87 bits per heavy atom. The molecule has 0 unspecified atom stereocenters. The quantitative estimate of drug-likeness (QED) is 0.476. The van der Waals surface area contributed by atoms with Crippen LogP contribution >= 0.6 is 0 Å². The van der Waals surface area contributed by atoms with Crippen LogP contribution in [0.25, 0.3) is 0 Å². The average molecular weight is 228 g/mol. The third-order valence-electron chi connectivity index (χ3n) is 3.45. The highest BCUT2D eigenvalue weighted by molar-refractivity contribution is 6.74. The Morgan fingerprint density at radius 1 is 1.33 bits per heavy atom. The maximum absolute atomic E-state index is 6.12. The van der Waals surface area contributed by atoms with E-state index in [0.717, 1.165) is 19.4 Å². The van der Waals surface area contributed by atoms with Crippen LogP contribution < -0.4 is 0 Å². The summed E-state index contributed by atoms with van der Waals surface area (Å²) in [7, 11) is -1.52. The van der Waals surface area contributed by atoms with Crippen molar-refractivity contribution >= 4 is 8.32 Å².